The van der Waals surface area contributed by atoms with Gasteiger partial charge in [0.05, 0.1) is 0 Å². The number of halogens is 7. The molecule has 2 N–H and O–H groups in total. The van der Waals surface area contributed by atoms with Crippen molar-refractivity contribution in [3.63, 3.8) is 0 Å². The minimum absolute atomic E-state index is 0.0946. The summed E-state index contributed by atoms with van der Waals surface area (Å²) in [4.78, 5) is 0. The first-order chi connectivity index (χ1) is 7.57. The molecular formula is C9H6Br2F5N. The Labute approximate surface area is 110 Å². The average Bonchev–Trinajstić information content (AvgIpc) is 2.19. The SMILES string of the molecule is NC(c1cc(Br)ccc1Br)C(F)(F)C(F)(F)F. The Morgan fingerprint density at radius 1 is 1.06 bits per heavy atom. The second-order valence-corrected chi connectivity index (χ2v) is 5.03. The van der Waals surface area contributed by atoms with E-state index in [4.69, 9.17) is 5.73 Å². The molecule has 1 rings (SSSR count). The van der Waals surface area contributed by atoms with E-state index in [2.05, 4.69) is 31.9 Å². The van der Waals surface area contributed by atoms with Crippen molar-refractivity contribution in [2.45, 2.75) is 18.1 Å². The second-order valence-electron chi connectivity index (χ2n) is 3.26. The molecular weight excluding hydrogens is 377 g/mol. The molecule has 1 unspecified atom stereocenters. The zero-order chi connectivity index (χ0) is 13.4. The molecule has 0 fully saturated rings. The maximum atomic E-state index is 13.0. The summed E-state index contributed by atoms with van der Waals surface area (Å²) in [5.74, 6) is -4.99. The zero-order valence-corrected chi connectivity index (χ0v) is 11.2. The standard InChI is InChI=1S/C9H6Br2F5N/c10-4-1-2-6(11)5(3-4)7(17)8(12,13)9(14,15)16/h1-3,7H,17H2. The van der Waals surface area contributed by atoms with E-state index in [1.165, 1.54) is 12.1 Å². The van der Waals surface area contributed by atoms with Crippen molar-refractivity contribution in [1.29, 1.82) is 0 Å². The summed E-state index contributed by atoms with van der Waals surface area (Å²) in [5, 5.41) is 0. The zero-order valence-electron chi connectivity index (χ0n) is 8.03. The highest BCUT2D eigenvalue weighted by molar-refractivity contribution is 9.11. The lowest BCUT2D eigenvalue weighted by Crippen LogP contribution is -2.46. The predicted molar refractivity (Wildman–Crippen MR) is 59.8 cm³/mol. The van der Waals surface area contributed by atoms with Crippen LogP contribution in [0, 0.1) is 0 Å². The van der Waals surface area contributed by atoms with Gasteiger partial charge in [-0.15, -0.1) is 0 Å². The molecule has 96 valence electrons. The number of alkyl halides is 5. The molecule has 0 aliphatic heterocycles. The highest BCUT2D eigenvalue weighted by atomic mass is 79.9. The van der Waals surface area contributed by atoms with Gasteiger partial charge in [-0.25, -0.2) is 0 Å². The van der Waals surface area contributed by atoms with Gasteiger partial charge in [0.2, 0.25) is 0 Å². The highest BCUT2D eigenvalue weighted by Gasteiger charge is 2.61. The van der Waals surface area contributed by atoms with E-state index in [1.54, 1.807) is 0 Å². The van der Waals surface area contributed by atoms with E-state index in [0.29, 0.717) is 4.47 Å². The molecule has 17 heavy (non-hydrogen) atoms. The number of benzene rings is 1. The summed E-state index contributed by atoms with van der Waals surface area (Å²) in [6, 6.07) is 1.49. The normalized spacial score (nSPS) is 14.8. The fourth-order valence-corrected chi connectivity index (χ4v) is 2.00. The van der Waals surface area contributed by atoms with E-state index in [1.807, 2.05) is 0 Å². The monoisotopic (exact) mass is 381 g/mol. The third-order valence-corrected chi connectivity index (χ3v) is 3.28. The summed E-state index contributed by atoms with van der Waals surface area (Å²) in [5.41, 5.74) is 4.69. The largest absolute Gasteiger partial charge is 0.455 e. The minimum atomic E-state index is -5.69. The molecule has 1 aromatic rings. The molecule has 0 aliphatic rings. The molecule has 0 radical (unpaired) electrons. The van der Waals surface area contributed by atoms with Crippen molar-refractivity contribution in [2.75, 3.05) is 0 Å². The average molecular weight is 383 g/mol. The van der Waals surface area contributed by atoms with Gasteiger partial charge in [-0.05, 0) is 23.8 Å². The number of nitrogens with two attached hydrogens (primary N) is 1. The van der Waals surface area contributed by atoms with Crippen molar-refractivity contribution in [3.8, 4) is 0 Å². The molecule has 1 nitrogen and oxygen atoms in total. The Hall–Kier alpha value is -0.210. The molecule has 8 heteroatoms. The van der Waals surface area contributed by atoms with E-state index in [-0.39, 0.29) is 10.0 Å². The van der Waals surface area contributed by atoms with Crippen LogP contribution in [0.15, 0.2) is 27.1 Å². The Morgan fingerprint density at radius 3 is 2.06 bits per heavy atom. The summed E-state index contributed by atoms with van der Waals surface area (Å²) in [6.07, 6.45) is -5.69. The van der Waals surface area contributed by atoms with Crippen LogP contribution >= 0.6 is 31.9 Å². The number of rotatable bonds is 2. The quantitative estimate of drug-likeness (QED) is 0.753. The van der Waals surface area contributed by atoms with Crippen molar-refractivity contribution < 1.29 is 22.0 Å². The molecule has 0 saturated heterocycles. The van der Waals surface area contributed by atoms with Gasteiger partial charge in [-0.1, -0.05) is 31.9 Å². The van der Waals surface area contributed by atoms with Gasteiger partial charge in [-0.3, -0.25) is 0 Å². The smallest absolute Gasteiger partial charge is 0.319 e. The number of hydrogen-bond acceptors (Lipinski definition) is 1. The van der Waals surface area contributed by atoms with Crippen molar-refractivity contribution in [3.05, 3.63) is 32.7 Å². The Morgan fingerprint density at radius 2 is 1.59 bits per heavy atom. The van der Waals surface area contributed by atoms with E-state index in [9.17, 15) is 22.0 Å². The van der Waals surface area contributed by atoms with Crippen molar-refractivity contribution >= 4 is 31.9 Å². The maximum Gasteiger partial charge on any atom is 0.455 e. The number of hydrogen-bond donors (Lipinski definition) is 1. The van der Waals surface area contributed by atoms with Gasteiger partial charge >= 0.3 is 12.1 Å². The van der Waals surface area contributed by atoms with Crippen LogP contribution in [0.4, 0.5) is 22.0 Å². The van der Waals surface area contributed by atoms with Crippen molar-refractivity contribution in [2.24, 2.45) is 5.73 Å². The Balaban J connectivity index is 3.21. The van der Waals surface area contributed by atoms with Crippen LogP contribution in [0.3, 0.4) is 0 Å². The molecule has 0 amide bonds. The summed E-state index contributed by atoms with van der Waals surface area (Å²) in [6.45, 7) is 0. The van der Waals surface area contributed by atoms with Gasteiger partial charge < -0.3 is 5.73 Å². The van der Waals surface area contributed by atoms with E-state index in [0.717, 1.165) is 6.07 Å². The summed E-state index contributed by atoms with van der Waals surface area (Å²) < 4.78 is 63.0. The Kier molecular flexibility index (Phi) is 4.20. The lowest BCUT2D eigenvalue weighted by atomic mass is 10.0. The predicted octanol–water partition coefficient (Wildman–Crippen LogP) is 4.41. The van der Waals surface area contributed by atoms with Gasteiger partial charge in [0.25, 0.3) is 0 Å². The Bertz CT molecular complexity index is 418. The fourth-order valence-electron chi connectivity index (χ4n) is 1.12. The molecule has 0 saturated carbocycles. The molecule has 0 heterocycles. The van der Waals surface area contributed by atoms with Gasteiger partial charge in [-0.2, -0.15) is 22.0 Å². The lowest BCUT2D eigenvalue weighted by molar-refractivity contribution is -0.291. The molecule has 1 aromatic carbocycles. The first-order valence-corrected chi connectivity index (χ1v) is 5.81. The van der Waals surface area contributed by atoms with Crippen LogP contribution in [0.25, 0.3) is 0 Å². The van der Waals surface area contributed by atoms with Gasteiger partial charge in [0, 0.05) is 8.95 Å². The van der Waals surface area contributed by atoms with Crippen LogP contribution in [0.5, 0.6) is 0 Å². The minimum Gasteiger partial charge on any atom is -0.319 e. The second kappa shape index (κ2) is 4.81. The molecule has 0 aromatic heterocycles. The molecule has 1 atom stereocenters. The van der Waals surface area contributed by atoms with Gasteiger partial charge in [0.15, 0.2) is 0 Å². The van der Waals surface area contributed by atoms with Crippen LogP contribution in [-0.2, 0) is 0 Å². The van der Waals surface area contributed by atoms with Crippen molar-refractivity contribution in [1.82, 2.24) is 0 Å². The third kappa shape index (κ3) is 2.97. The summed E-state index contributed by atoms with van der Waals surface area (Å²) >= 11 is 5.87. The van der Waals surface area contributed by atoms with Crippen LogP contribution < -0.4 is 5.73 Å². The van der Waals surface area contributed by atoms with E-state index < -0.39 is 18.1 Å². The van der Waals surface area contributed by atoms with Gasteiger partial charge in [0.1, 0.15) is 6.04 Å². The molecule has 0 aliphatic carbocycles. The van der Waals surface area contributed by atoms with Crippen LogP contribution in [-0.4, -0.2) is 12.1 Å². The van der Waals surface area contributed by atoms with E-state index >= 15 is 0 Å². The lowest BCUT2D eigenvalue weighted by Gasteiger charge is -2.26. The molecule has 0 spiro atoms. The third-order valence-electron chi connectivity index (χ3n) is 2.06. The maximum absolute atomic E-state index is 13.0. The molecule has 0 bridgehead atoms. The van der Waals surface area contributed by atoms with Crippen LogP contribution in [0.1, 0.15) is 11.6 Å². The highest BCUT2D eigenvalue weighted by Crippen LogP contribution is 2.45. The summed E-state index contributed by atoms with van der Waals surface area (Å²) in [7, 11) is 0. The van der Waals surface area contributed by atoms with Crippen LogP contribution in [0.2, 0.25) is 0 Å². The topological polar surface area (TPSA) is 26.0 Å². The first-order valence-electron chi connectivity index (χ1n) is 4.22. The fraction of sp³-hybridized carbons (Fsp3) is 0.333. The first kappa shape index (κ1) is 14.8.